The summed E-state index contributed by atoms with van der Waals surface area (Å²) in [5.41, 5.74) is 1.59. The Balaban J connectivity index is 0.00000144. The number of rotatable bonds is 1. The fraction of sp³-hybridized carbons (Fsp3) is 0.364. The van der Waals surface area contributed by atoms with Gasteiger partial charge >= 0.3 is 51.4 Å². The zero-order chi connectivity index (χ0) is 12.1. The second-order valence-corrected chi connectivity index (χ2v) is 5.84. The molecule has 0 saturated heterocycles. The molecule has 0 aliphatic carbocycles. The molecule has 88 valence electrons. The molecule has 0 spiro atoms. The van der Waals surface area contributed by atoms with E-state index in [2.05, 4.69) is 4.99 Å². The van der Waals surface area contributed by atoms with Gasteiger partial charge in [-0.15, -0.1) is 0 Å². The topological polar surface area (TPSA) is 66.7 Å². The fourth-order valence-electron chi connectivity index (χ4n) is 1.96. The normalized spacial score (nSPS) is 17.1. The predicted molar refractivity (Wildman–Crippen MR) is 63.2 cm³/mol. The van der Waals surface area contributed by atoms with E-state index in [0.717, 1.165) is 5.71 Å². The summed E-state index contributed by atoms with van der Waals surface area (Å²) in [4.78, 5) is 4.27. The molecule has 6 heteroatoms. The van der Waals surface area contributed by atoms with Gasteiger partial charge in [0.25, 0.3) is 10.1 Å². The smallest absolute Gasteiger partial charge is 1.00 e. The average molecular weight is 279 g/mol. The standard InChI is InChI=1S/C11H13NO3S.K.H/c1-7-11(2,3)10-8(12-7)5-4-6-9(10)16(13,14)15;;/h4-6H,1-3H3,(H,13,14,15);;/q;+1;-1. The summed E-state index contributed by atoms with van der Waals surface area (Å²) in [5, 5.41) is 0. The Hall–Kier alpha value is 0.436. The van der Waals surface area contributed by atoms with Crippen molar-refractivity contribution in [3.05, 3.63) is 23.8 Å². The van der Waals surface area contributed by atoms with Crippen LogP contribution in [0.4, 0.5) is 5.69 Å². The van der Waals surface area contributed by atoms with E-state index in [1.807, 2.05) is 20.8 Å². The van der Waals surface area contributed by atoms with Crippen molar-refractivity contribution in [2.45, 2.75) is 31.1 Å². The van der Waals surface area contributed by atoms with Crippen LogP contribution in [0, 0.1) is 0 Å². The third-order valence-electron chi connectivity index (χ3n) is 3.10. The van der Waals surface area contributed by atoms with E-state index in [4.69, 9.17) is 0 Å². The van der Waals surface area contributed by atoms with Crippen LogP contribution in [0.3, 0.4) is 0 Å². The molecule has 0 saturated carbocycles. The molecule has 2 rings (SSSR count). The molecule has 1 N–H and O–H groups in total. The van der Waals surface area contributed by atoms with Crippen LogP contribution < -0.4 is 51.4 Å². The van der Waals surface area contributed by atoms with Gasteiger partial charge in [0.15, 0.2) is 0 Å². The molecule has 1 aliphatic rings. The number of benzene rings is 1. The van der Waals surface area contributed by atoms with Gasteiger partial charge in [-0.1, -0.05) is 19.9 Å². The first-order valence-electron chi connectivity index (χ1n) is 4.91. The van der Waals surface area contributed by atoms with Crippen molar-refractivity contribution >= 4 is 21.5 Å². The Bertz CT molecular complexity index is 596. The quantitative estimate of drug-likeness (QED) is 0.553. The molecular formula is C11H14KNO3S. The molecule has 1 aromatic rings. The van der Waals surface area contributed by atoms with E-state index in [0.29, 0.717) is 11.3 Å². The molecule has 0 unspecified atom stereocenters. The van der Waals surface area contributed by atoms with Crippen LogP contribution in [0.25, 0.3) is 0 Å². The Morgan fingerprint density at radius 2 is 1.94 bits per heavy atom. The van der Waals surface area contributed by atoms with E-state index in [1.165, 1.54) is 6.07 Å². The summed E-state index contributed by atoms with van der Waals surface area (Å²) < 4.78 is 31.8. The third kappa shape index (κ3) is 2.58. The second kappa shape index (κ2) is 4.84. The van der Waals surface area contributed by atoms with Crippen LogP contribution in [-0.2, 0) is 15.5 Å². The molecule has 0 fully saturated rings. The van der Waals surface area contributed by atoms with Crippen molar-refractivity contribution < 1.29 is 65.8 Å². The summed E-state index contributed by atoms with van der Waals surface area (Å²) >= 11 is 0. The Kier molecular flexibility index (Phi) is 4.41. The van der Waals surface area contributed by atoms with Crippen LogP contribution in [-0.4, -0.2) is 18.7 Å². The van der Waals surface area contributed by atoms with Gasteiger partial charge in [-0.25, -0.2) is 0 Å². The van der Waals surface area contributed by atoms with Gasteiger partial charge < -0.3 is 1.43 Å². The van der Waals surface area contributed by atoms with E-state index in [-0.39, 0.29) is 57.7 Å². The van der Waals surface area contributed by atoms with Crippen molar-refractivity contribution in [2.24, 2.45) is 4.99 Å². The Morgan fingerprint density at radius 1 is 1.35 bits per heavy atom. The summed E-state index contributed by atoms with van der Waals surface area (Å²) in [6, 6.07) is 4.74. The van der Waals surface area contributed by atoms with Gasteiger partial charge in [-0.3, -0.25) is 9.55 Å². The van der Waals surface area contributed by atoms with Gasteiger partial charge in [-0.2, -0.15) is 8.42 Å². The number of hydrogen-bond acceptors (Lipinski definition) is 3. The minimum Gasteiger partial charge on any atom is -1.00 e. The van der Waals surface area contributed by atoms with Crippen molar-refractivity contribution in [2.75, 3.05) is 0 Å². The molecular weight excluding hydrogens is 265 g/mol. The third-order valence-corrected chi connectivity index (χ3v) is 4.00. The minimum atomic E-state index is -4.20. The molecule has 0 bridgehead atoms. The first-order valence-corrected chi connectivity index (χ1v) is 6.35. The van der Waals surface area contributed by atoms with Crippen LogP contribution in [0.2, 0.25) is 0 Å². The van der Waals surface area contributed by atoms with Crippen molar-refractivity contribution in [3.8, 4) is 0 Å². The number of aliphatic imine (C=N–C) groups is 1. The molecule has 0 atom stereocenters. The van der Waals surface area contributed by atoms with Crippen molar-refractivity contribution in [1.29, 1.82) is 0 Å². The molecule has 1 heterocycles. The Morgan fingerprint density at radius 3 is 2.47 bits per heavy atom. The van der Waals surface area contributed by atoms with Crippen LogP contribution in [0.5, 0.6) is 0 Å². The molecule has 0 radical (unpaired) electrons. The van der Waals surface area contributed by atoms with E-state index in [1.54, 1.807) is 12.1 Å². The van der Waals surface area contributed by atoms with E-state index >= 15 is 0 Å². The van der Waals surface area contributed by atoms with Crippen molar-refractivity contribution in [3.63, 3.8) is 0 Å². The van der Waals surface area contributed by atoms with Gasteiger partial charge in [-0.05, 0) is 19.1 Å². The second-order valence-electron chi connectivity index (χ2n) is 4.45. The zero-order valence-electron chi connectivity index (χ0n) is 11.4. The van der Waals surface area contributed by atoms with Gasteiger partial charge in [0.2, 0.25) is 0 Å². The maximum atomic E-state index is 11.3. The summed E-state index contributed by atoms with van der Waals surface area (Å²) in [6.45, 7) is 5.65. The van der Waals surface area contributed by atoms with Crippen LogP contribution in [0.15, 0.2) is 28.1 Å². The maximum absolute atomic E-state index is 11.3. The van der Waals surface area contributed by atoms with Crippen LogP contribution >= 0.6 is 0 Å². The predicted octanol–water partition coefficient (Wildman–Crippen LogP) is -0.567. The largest absolute Gasteiger partial charge is 1.00 e. The number of fused-ring (bicyclic) bond motifs is 1. The average Bonchev–Trinajstić information content (AvgIpc) is 2.37. The summed E-state index contributed by atoms with van der Waals surface area (Å²) in [6.07, 6.45) is 0. The van der Waals surface area contributed by atoms with Gasteiger partial charge in [0.1, 0.15) is 4.90 Å². The fourth-order valence-corrected chi connectivity index (χ4v) is 2.83. The molecule has 1 aromatic carbocycles. The minimum absolute atomic E-state index is 0. The SMILES string of the molecule is CC1=Nc2cccc(S(=O)(=O)O)c2C1(C)C.[H-].[K+]. The summed E-state index contributed by atoms with van der Waals surface area (Å²) in [5.74, 6) is 0. The zero-order valence-corrected chi connectivity index (χ0v) is 14.3. The number of nitrogens with zero attached hydrogens (tertiary/aromatic N) is 1. The van der Waals surface area contributed by atoms with E-state index in [9.17, 15) is 13.0 Å². The van der Waals surface area contributed by atoms with Crippen LogP contribution in [0.1, 0.15) is 27.8 Å². The van der Waals surface area contributed by atoms with Gasteiger partial charge in [0.05, 0.1) is 5.69 Å². The molecule has 1 aliphatic heterocycles. The maximum Gasteiger partial charge on any atom is 1.00 e. The first kappa shape index (κ1) is 15.5. The molecule has 0 amide bonds. The number of hydrogen-bond donors (Lipinski definition) is 1. The molecule has 4 nitrogen and oxygen atoms in total. The summed E-state index contributed by atoms with van der Waals surface area (Å²) in [7, 11) is -4.20. The first-order chi connectivity index (χ1) is 7.24. The molecule has 0 aromatic heterocycles. The Labute approximate surface area is 145 Å². The van der Waals surface area contributed by atoms with Gasteiger partial charge in [0, 0.05) is 16.7 Å². The monoisotopic (exact) mass is 279 g/mol. The van der Waals surface area contributed by atoms with E-state index < -0.39 is 15.5 Å². The molecule has 17 heavy (non-hydrogen) atoms. The van der Waals surface area contributed by atoms with Crippen molar-refractivity contribution in [1.82, 2.24) is 0 Å².